The van der Waals surface area contributed by atoms with Gasteiger partial charge in [-0.3, -0.25) is 0 Å². The summed E-state index contributed by atoms with van der Waals surface area (Å²) in [5.41, 5.74) is -1.05. The van der Waals surface area contributed by atoms with Gasteiger partial charge >= 0.3 is 12.1 Å². The first-order valence-electron chi connectivity index (χ1n) is 8.40. The van der Waals surface area contributed by atoms with E-state index in [4.69, 9.17) is 33.7 Å². The molecule has 2 heterocycles. The van der Waals surface area contributed by atoms with Crippen molar-refractivity contribution in [3.63, 3.8) is 0 Å². The molecule has 2 aromatic heterocycles. The molecular formula is C19H12ClF3N4O3S. The van der Waals surface area contributed by atoms with Crippen LogP contribution >= 0.6 is 23.8 Å². The summed E-state index contributed by atoms with van der Waals surface area (Å²) in [7, 11) is 0. The van der Waals surface area contributed by atoms with Crippen LogP contribution in [0.3, 0.4) is 0 Å². The molecule has 31 heavy (non-hydrogen) atoms. The molecule has 0 aliphatic heterocycles. The van der Waals surface area contributed by atoms with Gasteiger partial charge < -0.3 is 20.5 Å². The van der Waals surface area contributed by atoms with Crippen LogP contribution in [0.1, 0.15) is 16.1 Å². The fourth-order valence-electron chi connectivity index (χ4n) is 2.34. The number of anilines is 2. The molecule has 0 aliphatic carbocycles. The van der Waals surface area contributed by atoms with E-state index in [1.807, 2.05) is 0 Å². The van der Waals surface area contributed by atoms with E-state index in [0.717, 1.165) is 12.1 Å². The second kappa shape index (κ2) is 9.14. The topological polar surface area (TPSA) is 96.4 Å². The lowest BCUT2D eigenvalue weighted by molar-refractivity contribution is -0.137. The van der Waals surface area contributed by atoms with Crippen molar-refractivity contribution in [3.8, 4) is 11.5 Å². The van der Waals surface area contributed by atoms with Gasteiger partial charge in [-0.25, -0.2) is 14.8 Å². The van der Waals surface area contributed by atoms with Gasteiger partial charge in [0.15, 0.2) is 10.8 Å². The summed E-state index contributed by atoms with van der Waals surface area (Å²) in [6.07, 6.45) is -1.94. The number of aromatic carboxylic acids is 1. The normalized spacial score (nSPS) is 11.0. The van der Waals surface area contributed by atoms with Crippen LogP contribution in [0.5, 0.6) is 11.5 Å². The Morgan fingerprint density at radius 3 is 2.48 bits per heavy atom. The summed E-state index contributed by atoms with van der Waals surface area (Å²) < 4.78 is 44.4. The third-order valence-electron chi connectivity index (χ3n) is 3.69. The van der Waals surface area contributed by atoms with E-state index in [1.54, 1.807) is 6.07 Å². The molecule has 0 spiro atoms. The summed E-state index contributed by atoms with van der Waals surface area (Å²) in [6.45, 7) is 0. The molecule has 3 aromatic rings. The number of alkyl halides is 3. The highest BCUT2D eigenvalue weighted by atomic mass is 35.5. The maximum atomic E-state index is 13.0. The standard InChI is InChI=1S/C19H12ClF3N4O3S/c20-14-3-1-10(7-13(14)19(21,22)23)26-18(31)27-16-4-2-12(9-25-16)30-11-5-6-24-15(8-11)17(28)29/h1-9H,(H,28,29)(H2,25,26,27,31). The number of halogens is 4. The number of hydrogen-bond donors (Lipinski definition) is 3. The van der Waals surface area contributed by atoms with E-state index in [1.165, 1.54) is 36.7 Å². The van der Waals surface area contributed by atoms with Crippen LogP contribution in [0.15, 0.2) is 54.9 Å². The van der Waals surface area contributed by atoms with E-state index < -0.39 is 22.7 Å². The molecule has 0 unspecified atom stereocenters. The quantitative estimate of drug-likeness (QED) is 0.425. The van der Waals surface area contributed by atoms with Crippen molar-refractivity contribution in [2.24, 2.45) is 0 Å². The Kier molecular flexibility index (Phi) is 6.56. The van der Waals surface area contributed by atoms with Crippen molar-refractivity contribution < 1.29 is 27.8 Å². The van der Waals surface area contributed by atoms with Crippen LogP contribution in [0.4, 0.5) is 24.7 Å². The molecule has 3 rings (SSSR count). The molecule has 0 aliphatic rings. The Hall–Kier alpha value is -3.44. The average Bonchev–Trinajstić information content (AvgIpc) is 2.70. The Labute approximate surface area is 183 Å². The van der Waals surface area contributed by atoms with Crippen molar-refractivity contribution >= 4 is 46.4 Å². The zero-order valence-electron chi connectivity index (χ0n) is 15.3. The van der Waals surface area contributed by atoms with Crippen molar-refractivity contribution in [2.75, 3.05) is 10.6 Å². The molecule has 12 heteroatoms. The molecule has 0 bridgehead atoms. The van der Waals surface area contributed by atoms with Crippen molar-refractivity contribution in [3.05, 3.63) is 71.1 Å². The Morgan fingerprint density at radius 1 is 1.06 bits per heavy atom. The average molecular weight is 469 g/mol. The number of thiocarbonyl (C=S) groups is 1. The van der Waals surface area contributed by atoms with Crippen molar-refractivity contribution in [1.29, 1.82) is 0 Å². The molecule has 3 N–H and O–H groups in total. The van der Waals surface area contributed by atoms with Gasteiger partial charge in [-0.05, 0) is 48.6 Å². The van der Waals surface area contributed by atoms with E-state index in [0.29, 0.717) is 11.6 Å². The highest BCUT2D eigenvalue weighted by molar-refractivity contribution is 7.80. The summed E-state index contributed by atoms with van der Waals surface area (Å²) in [5.74, 6) is -0.308. The Morgan fingerprint density at radius 2 is 1.84 bits per heavy atom. The lowest BCUT2D eigenvalue weighted by Gasteiger charge is -2.14. The molecule has 0 amide bonds. The van der Waals surface area contributed by atoms with Crippen LogP contribution in [0.2, 0.25) is 5.02 Å². The third kappa shape index (κ3) is 6.03. The van der Waals surface area contributed by atoms with E-state index in [9.17, 15) is 18.0 Å². The first kappa shape index (κ1) is 22.2. The van der Waals surface area contributed by atoms with Crippen molar-refractivity contribution in [1.82, 2.24) is 9.97 Å². The first-order chi connectivity index (χ1) is 14.6. The Bertz CT molecular complexity index is 1130. The van der Waals surface area contributed by atoms with Crippen LogP contribution in [0.25, 0.3) is 0 Å². The van der Waals surface area contributed by atoms with E-state index >= 15 is 0 Å². The van der Waals surface area contributed by atoms with Gasteiger partial charge in [0.1, 0.15) is 17.3 Å². The van der Waals surface area contributed by atoms with Gasteiger partial charge in [0, 0.05) is 18.0 Å². The number of carbonyl (C=O) groups is 1. The van der Waals surface area contributed by atoms with Gasteiger partial charge in [-0.2, -0.15) is 13.2 Å². The van der Waals surface area contributed by atoms with E-state index in [2.05, 4.69) is 20.6 Å². The molecule has 0 atom stereocenters. The van der Waals surface area contributed by atoms with Gasteiger partial charge in [0.05, 0.1) is 16.8 Å². The number of carboxylic acid groups (broad SMARTS) is 1. The zero-order valence-corrected chi connectivity index (χ0v) is 16.8. The van der Waals surface area contributed by atoms with Crippen LogP contribution in [0, 0.1) is 0 Å². The first-order valence-corrected chi connectivity index (χ1v) is 9.18. The molecule has 0 radical (unpaired) electrons. The summed E-state index contributed by atoms with van der Waals surface area (Å²) >= 11 is 10.7. The van der Waals surface area contributed by atoms with Crippen LogP contribution in [-0.2, 0) is 6.18 Å². The van der Waals surface area contributed by atoms with Gasteiger partial charge in [-0.15, -0.1) is 0 Å². The molecule has 7 nitrogen and oxygen atoms in total. The lowest BCUT2D eigenvalue weighted by Crippen LogP contribution is -2.20. The third-order valence-corrected chi connectivity index (χ3v) is 4.23. The van der Waals surface area contributed by atoms with Crippen LogP contribution in [-0.4, -0.2) is 26.2 Å². The number of nitrogens with one attached hydrogen (secondary N) is 2. The van der Waals surface area contributed by atoms with E-state index in [-0.39, 0.29) is 22.2 Å². The number of pyridine rings is 2. The lowest BCUT2D eigenvalue weighted by atomic mass is 10.2. The maximum Gasteiger partial charge on any atom is 0.417 e. The molecule has 0 fully saturated rings. The Balaban J connectivity index is 1.63. The molecule has 1 aromatic carbocycles. The SMILES string of the molecule is O=C(O)c1cc(Oc2ccc(NC(=S)Nc3ccc(Cl)c(C(F)(F)F)c3)nc2)ccn1. The summed E-state index contributed by atoms with van der Waals surface area (Å²) in [4.78, 5) is 18.7. The van der Waals surface area contributed by atoms with Gasteiger partial charge in [-0.1, -0.05) is 11.6 Å². The smallest absolute Gasteiger partial charge is 0.417 e. The van der Waals surface area contributed by atoms with Gasteiger partial charge in [0.2, 0.25) is 0 Å². The largest absolute Gasteiger partial charge is 0.477 e. The number of aromatic nitrogens is 2. The molecular weight excluding hydrogens is 457 g/mol. The fraction of sp³-hybridized carbons (Fsp3) is 0.0526. The number of benzene rings is 1. The number of rotatable bonds is 5. The number of carboxylic acids is 1. The minimum Gasteiger partial charge on any atom is -0.477 e. The fourth-order valence-corrected chi connectivity index (χ4v) is 2.79. The van der Waals surface area contributed by atoms with Gasteiger partial charge in [0.25, 0.3) is 0 Å². The predicted octanol–water partition coefficient (Wildman–Crippen LogP) is 5.45. The minimum atomic E-state index is -4.60. The highest BCUT2D eigenvalue weighted by Crippen LogP contribution is 2.36. The molecule has 160 valence electrons. The number of nitrogens with zero attached hydrogens (tertiary/aromatic N) is 2. The molecule has 0 saturated heterocycles. The number of ether oxygens (including phenoxy) is 1. The second-order valence-corrected chi connectivity index (χ2v) is 6.75. The second-order valence-electron chi connectivity index (χ2n) is 5.93. The zero-order chi connectivity index (χ0) is 22.6. The molecule has 0 saturated carbocycles. The van der Waals surface area contributed by atoms with Crippen molar-refractivity contribution in [2.45, 2.75) is 6.18 Å². The highest BCUT2D eigenvalue weighted by Gasteiger charge is 2.33. The maximum absolute atomic E-state index is 13.0. The predicted molar refractivity (Wildman–Crippen MR) is 112 cm³/mol. The minimum absolute atomic E-state index is 0.0110. The van der Waals surface area contributed by atoms with Crippen LogP contribution < -0.4 is 15.4 Å². The summed E-state index contributed by atoms with van der Waals surface area (Å²) in [6, 6.07) is 9.13. The summed E-state index contributed by atoms with van der Waals surface area (Å²) in [5, 5.41) is 13.9. The number of hydrogen-bond acceptors (Lipinski definition) is 5. The monoisotopic (exact) mass is 468 g/mol.